The fourth-order valence-corrected chi connectivity index (χ4v) is 1.95. The van der Waals surface area contributed by atoms with Crippen LogP contribution in [0.5, 0.6) is 0 Å². The predicted molar refractivity (Wildman–Crippen MR) is 64.6 cm³/mol. The van der Waals surface area contributed by atoms with Crippen molar-refractivity contribution in [3.63, 3.8) is 0 Å². The Balaban J connectivity index is 2.70. The van der Waals surface area contributed by atoms with Gasteiger partial charge in [-0.1, -0.05) is 19.1 Å². The molecule has 0 saturated heterocycles. The summed E-state index contributed by atoms with van der Waals surface area (Å²) in [6.45, 7) is 3.90. The highest BCUT2D eigenvalue weighted by Gasteiger charge is 2.15. The molecule has 0 spiro atoms. The molecule has 0 radical (unpaired) electrons. The van der Waals surface area contributed by atoms with Crippen LogP contribution in [-0.2, 0) is 6.42 Å². The van der Waals surface area contributed by atoms with Crippen LogP contribution in [0.25, 0.3) is 5.69 Å². The Morgan fingerprint density at radius 2 is 2.24 bits per heavy atom. The van der Waals surface area contributed by atoms with Gasteiger partial charge < -0.3 is 9.67 Å². The van der Waals surface area contributed by atoms with Gasteiger partial charge in [-0.3, -0.25) is 0 Å². The monoisotopic (exact) mass is 230 g/mol. The summed E-state index contributed by atoms with van der Waals surface area (Å²) in [7, 11) is 0. The lowest BCUT2D eigenvalue weighted by atomic mass is 10.1. The molecule has 1 aromatic heterocycles. The van der Waals surface area contributed by atoms with Crippen molar-refractivity contribution in [2.75, 3.05) is 0 Å². The number of para-hydroxylation sites is 1. The summed E-state index contributed by atoms with van der Waals surface area (Å²) in [6.07, 6.45) is 4.25. The first kappa shape index (κ1) is 11.4. The van der Waals surface area contributed by atoms with E-state index in [4.69, 9.17) is 0 Å². The highest BCUT2D eigenvalue weighted by atomic mass is 16.4. The third kappa shape index (κ3) is 1.93. The van der Waals surface area contributed by atoms with Gasteiger partial charge in [0.25, 0.3) is 0 Å². The van der Waals surface area contributed by atoms with Crippen molar-refractivity contribution < 1.29 is 9.90 Å². The standard InChI is InChI=1S/C13H14N2O2/c1-3-11-14-7-8-15(11)12-9(2)5-4-6-10(12)13(16)17/h4-8H,3H2,1-2H3,(H,16,17). The number of aromatic carboxylic acids is 1. The van der Waals surface area contributed by atoms with Crippen LogP contribution in [0.4, 0.5) is 0 Å². The second-order valence-electron chi connectivity index (χ2n) is 3.84. The first-order chi connectivity index (χ1) is 8.15. The van der Waals surface area contributed by atoms with E-state index in [0.717, 1.165) is 17.8 Å². The number of hydrogen-bond acceptors (Lipinski definition) is 2. The minimum Gasteiger partial charge on any atom is -0.478 e. The topological polar surface area (TPSA) is 55.1 Å². The lowest BCUT2D eigenvalue weighted by molar-refractivity contribution is 0.0697. The largest absolute Gasteiger partial charge is 0.478 e. The first-order valence-electron chi connectivity index (χ1n) is 5.50. The third-order valence-electron chi connectivity index (χ3n) is 2.74. The lowest BCUT2D eigenvalue weighted by Gasteiger charge is -2.12. The average Bonchev–Trinajstić information content (AvgIpc) is 2.76. The number of imidazole rings is 1. The normalized spacial score (nSPS) is 10.5. The van der Waals surface area contributed by atoms with Crippen LogP contribution in [0.3, 0.4) is 0 Å². The van der Waals surface area contributed by atoms with Gasteiger partial charge in [0.2, 0.25) is 0 Å². The molecule has 0 saturated carbocycles. The molecule has 0 aliphatic carbocycles. The summed E-state index contributed by atoms with van der Waals surface area (Å²) in [5.41, 5.74) is 1.93. The van der Waals surface area contributed by atoms with E-state index in [1.807, 2.05) is 24.5 Å². The van der Waals surface area contributed by atoms with E-state index in [1.54, 1.807) is 24.5 Å². The van der Waals surface area contributed by atoms with E-state index >= 15 is 0 Å². The molecular weight excluding hydrogens is 216 g/mol. The van der Waals surface area contributed by atoms with Gasteiger partial charge in [-0.2, -0.15) is 0 Å². The van der Waals surface area contributed by atoms with E-state index < -0.39 is 5.97 Å². The van der Waals surface area contributed by atoms with Crippen LogP contribution in [0.1, 0.15) is 28.7 Å². The fraction of sp³-hybridized carbons (Fsp3) is 0.231. The molecule has 17 heavy (non-hydrogen) atoms. The number of rotatable bonds is 3. The van der Waals surface area contributed by atoms with Crippen molar-refractivity contribution in [1.82, 2.24) is 9.55 Å². The quantitative estimate of drug-likeness (QED) is 0.881. The SMILES string of the molecule is CCc1nccn1-c1c(C)cccc1C(=O)O. The Kier molecular flexibility index (Phi) is 2.95. The van der Waals surface area contributed by atoms with Gasteiger partial charge in [0, 0.05) is 18.8 Å². The van der Waals surface area contributed by atoms with Crippen LogP contribution in [-0.4, -0.2) is 20.6 Å². The molecule has 0 unspecified atom stereocenters. The molecule has 0 amide bonds. The smallest absolute Gasteiger partial charge is 0.337 e. The molecule has 2 rings (SSSR count). The summed E-state index contributed by atoms with van der Waals surface area (Å²) in [4.78, 5) is 15.5. The van der Waals surface area contributed by atoms with Crippen molar-refractivity contribution in [1.29, 1.82) is 0 Å². The minimum atomic E-state index is -0.917. The number of carbonyl (C=O) groups is 1. The zero-order chi connectivity index (χ0) is 12.4. The minimum absolute atomic E-state index is 0.303. The molecule has 1 N–H and O–H groups in total. The number of benzene rings is 1. The van der Waals surface area contributed by atoms with Gasteiger partial charge in [-0.15, -0.1) is 0 Å². The molecule has 0 aliphatic rings. The highest BCUT2D eigenvalue weighted by Crippen LogP contribution is 2.21. The van der Waals surface area contributed by atoms with Crippen LogP contribution >= 0.6 is 0 Å². The highest BCUT2D eigenvalue weighted by molar-refractivity contribution is 5.92. The molecule has 4 heteroatoms. The molecule has 2 aromatic rings. The summed E-state index contributed by atoms with van der Waals surface area (Å²) in [5.74, 6) is -0.0544. The molecule has 88 valence electrons. The number of hydrogen-bond donors (Lipinski definition) is 1. The van der Waals surface area contributed by atoms with Crippen LogP contribution in [0.15, 0.2) is 30.6 Å². The van der Waals surface area contributed by atoms with Crippen molar-refractivity contribution in [3.05, 3.63) is 47.5 Å². The maximum Gasteiger partial charge on any atom is 0.337 e. The maximum atomic E-state index is 11.2. The Hall–Kier alpha value is -2.10. The number of carboxylic acid groups (broad SMARTS) is 1. The van der Waals surface area contributed by atoms with Crippen molar-refractivity contribution in [3.8, 4) is 5.69 Å². The summed E-state index contributed by atoms with van der Waals surface area (Å²) < 4.78 is 1.85. The molecule has 0 fully saturated rings. The van der Waals surface area contributed by atoms with E-state index in [0.29, 0.717) is 11.3 Å². The second-order valence-corrected chi connectivity index (χ2v) is 3.84. The van der Waals surface area contributed by atoms with Gasteiger partial charge in [0.15, 0.2) is 0 Å². The first-order valence-corrected chi connectivity index (χ1v) is 5.50. The van der Waals surface area contributed by atoms with Gasteiger partial charge in [-0.05, 0) is 18.6 Å². The number of aromatic nitrogens is 2. The van der Waals surface area contributed by atoms with Crippen LogP contribution in [0.2, 0.25) is 0 Å². The number of aryl methyl sites for hydroxylation is 2. The van der Waals surface area contributed by atoms with Crippen LogP contribution < -0.4 is 0 Å². The van der Waals surface area contributed by atoms with Crippen LogP contribution in [0, 0.1) is 6.92 Å². The predicted octanol–water partition coefficient (Wildman–Crippen LogP) is 2.44. The lowest BCUT2D eigenvalue weighted by Crippen LogP contribution is -2.09. The third-order valence-corrected chi connectivity index (χ3v) is 2.74. The van der Waals surface area contributed by atoms with Gasteiger partial charge in [0.05, 0.1) is 11.3 Å². The Bertz CT molecular complexity index is 558. The molecule has 0 atom stereocenters. The zero-order valence-electron chi connectivity index (χ0n) is 9.84. The van der Waals surface area contributed by atoms with E-state index in [1.165, 1.54) is 0 Å². The summed E-state index contributed by atoms with van der Waals surface area (Å²) >= 11 is 0. The molecule has 0 bridgehead atoms. The Morgan fingerprint density at radius 1 is 1.47 bits per heavy atom. The molecule has 1 heterocycles. The maximum absolute atomic E-state index is 11.2. The fourth-order valence-electron chi connectivity index (χ4n) is 1.95. The van der Waals surface area contributed by atoms with E-state index in [9.17, 15) is 9.90 Å². The molecular formula is C13H14N2O2. The van der Waals surface area contributed by atoms with Gasteiger partial charge in [-0.25, -0.2) is 9.78 Å². The Morgan fingerprint density at radius 3 is 2.88 bits per heavy atom. The number of nitrogens with zero attached hydrogens (tertiary/aromatic N) is 2. The van der Waals surface area contributed by atoms with E-state index in [2.05, 4.69) is 4.98 Å². The summed E-state index contributed by atoms with van der Waals surface area (Å²) in [6, 6.07) is 5.27. The van der Waals surface area contributed by atoms with Crippen molar-refractivity contribution in [2.45, 2.75) is 20.3 Å². The number of carboxylic acids is 1. The molecule has 0 aliphatic heterocycles. The zero-order valence-corrected chi connectivity index (χ0v) is 9.84. The second kappa shape index (κ2) is 4.41. The summed E-state index contributed by atoms with van der Waals surface area (Å²) in [5, 5.41) is 9.22. The van der Waals surface area contributed by atoms with Crippen molar-refractivity contribution in [2.24, 2.45) is 0 Å². The Labute approximate surface area is 99.5 Å². The molecule has 4 nitrogen and oxygen atoms in total. The van der Waals surface area contributed by atoms with E-state index in [-0.39, 0.29) is 0 Å². The molecule has 1 aromatic carbocycles. The average molecular weight is 230 g/mol. The van der Waals surface area contributed by atoms with Gasteiger partial charge in [0.1, 0.15) is 5.82 Å². The van der Waals surface area contributed by atoms with Crippen molar-refractivity contribution >= 4 is 5.97 Å². The van der Waals surface area contributed by atoms with Gasteiger partial charge >= 0.3 is 5.97 Å².